The zero-order chi connectivity index (χ0) is 20.8. The zero-order valence-electron chi connectivity index (χ0n) is 19.2. The summed E-state index contributed by atoms with van der Waals surface area (Å²) in [6.07, 6.45) is 12.4. The minimum absolute atomic E-state index is 0.0270. The highest BCUT2D eigenvalue weighted by Gasteiger charge is 2.60. The molecule has 1 unspecified atom stereocenters. The molecule has 4 saturated carbocycles. The van der Waals surface area contributed by atoms with Crippen molar-refractivity contribution in [2.45, 2.75) is 98.3 Å². The van der Waals surface area contributed by atoms with Crippen LogP contribution in [0.1, 0.15) is 98.3 Å². The number of carbonyl (C=O) groups is 2. The molecule has 8 atom stereocenters. The fourth-order valence-electron chi connectivity index (χ4n) is 8.80. The molecule has 0 aromatic carbocycles. The van der Waals surface area contributed by atoms with Crippen molar-refractivity contribution in [2.24, 2.45) is 46.3 Å². The SMILES string of the molecule is CCOC(=O)CC[C@@H](C)[C@H]1CC[C@H]2[C@@H]3CCC4CC(=O)CC[C@]4(C)[C@H]3CC[C@]12C. The third kappa shape index (κ3) is 3.59. The van der Waals surface area contributed by atoms with E-state index in [0.29, 0.717) is 41.5 Å². The summed E-state index contributed by atoms with van der Waals surface area (Å²) in [5.41, 5.74) is 0.856. The second-order valence-corrected chi connectivity index (χ2v) is 11.4. The topological polar surface area (TPSA) is 43.4 Å². The van der Waals surface area contributed by atoms with E-state index in [1.54, 1.807) is 0 Å². The molecule has 0 aromatic heterocycles. The largest absolute Gasteiger partial charge is 0.466 e. The molecule has 4 aliphatic carbocycles. The first-order valence-corrected chi connectivity index (χ1v) is 12.5. The monoisotopic (exact) mass is 402 g/mol. The van der Waals surface area contributed by atoms with Gasteiger partial charge in [0.15, 0.2) is 0 Å². The molecule has 0 aliphatic heterocycles. The van der Waals surface area contributed by atoms with E-state index >= 15 is 0 Å². The van der Waals surface area contributed by atoms with Crippen LogP contribution in [0.25, 0.3) is 0 Å². The number of esters is 1. The van der Waals surface area contributed by atoms with Crippen molar-refractivity contribution in [1.82, 2.24) is 0 Å². The number of hydrogen-bond acceptors (Lipinski definition) is 3. The van der Waals surface area contributed by atoms with Gasteiger partial charge in [-0.15, -0.1) is 0 Å². The van der Waals surface area contributed by atoms with E-state index in [2.05, 4.69) is 20.8 Å². The standard InChI is InChI=1S/C26H42O3/c1-5-29-24(28)11-6-17(2)21-9-10-22-20-8-7-18-16-19(27)12-14-25(18,3)23(20)13-15-26(21,22)4/h17-18,20-23H,5-16H2,1-4H3/t17-,18?,20+,21-,22+,23+,25+,26-/m1/s1. The molecule has 0 N–H and O–H groups in total. The van der Waals surface area contributed by atoms with Gasteiger partial charge in [0.1, 0.15) is 5.78 Å². The first-order chi connectivity index (χ1) is 13.8. The molecule has 0 spiro atoms. The molecule has 4 aliphatic rings. The van der Waals surface area contributed by atoms with Gasteiger partial charge in [-0.3, -0.25) is 9.59 Å². The van der Waals surface area contributed by atoms with Gasteiger partial charge in [0.25, 0.3) is 0 Å². The van der Waals surface area contributed by atoms with Crippen molar-refractivity contribution in [2.75, 3.05) is 6.61 Å². The quantitative estimate of drug-likeness (QED) is 0.515. The van der Waals surface area contributed by atoms with Crippen LogP contribution in [0.15, 0.2) is 0 Å². The number of ketones is 1. The van der Waals surface area contributed by atoms with E-state index in [4.69, 9.17) is 4.74 Å². The number of hydrogen-bond donors (Lipinski definition) is 0. The van der Waals surface area contributed by atoms with Crippen LogP contribution >= 0.6 is 0 Å². The minimum atomic E-state index is -0.0270. The predicted octanol–water partition coefficient (Wildman–Crippen LogP) is 6.19. The fraction of sp³-hybridized carbons (Fsp3) is 0.923. The highest BCUT2D eigenvalue weighted by atomic mass is 16.5. The van der Waals surface area contributed by atoms with Gasteiger partial charge in [0.05, 0.1) is 6.61 Å². The molecule has 4 rings (SSSR count). The van der Waals surface area contributed by atoms with E-state index in [1.807, 2.05) is 6.92 Å². The van der Waals surface area contributed by atoms with Crippen molar-refractivity contribution in [3.63, 3.8) is 0 Å². The Hall–Kier alpha value is -0.860. The lowest BCUT2D eigenvalue weighted by atomic mass is 9.44. The molecule has 3 nitrogen and oxygen atoms in total. The summed E-state index contributed by atoms with van der Waals surface area (Å²) in [6, 6.07) is 0. The molecule has 3 heteroatoms. The second-order valence-electron chi connectivity index (χ2n) is 11.4. The summed E-state index contributed by atoms with van der Waals surface area (Å²) in [7, 11) is 0. The van der Waals surface area contributed by atoms with Crippen LogP contribution in [0.2, 0.25) is 0 Å². The number of Topliss-reactive ketones (excluding diaryl/α,β-unsaturated/α-hetero) is 1. The molecule has 164 valence electrons. The number of fused-ring (bicyclic) bond motifs is 5. The molecule has 0 amide bonds. The van der Waals surface area contributed by atoms with Gasteiger partial charge >= 0.3 is 5.97 Å². The Morgan fingerprint density at radius 1 is 1.07 bits per heavy atom. The molecule has 0 aromatic rings. The summed E-state index contributed by atoms with van der Waals surface area (Å²) in [4.78, 5) is 23.9. The lowest BCUT2D eigenvalue weighted by Crippen LogP contribution is -2.53. The van der Waals surface area contributed by atoms with Gasteiger partial charge in [-0.2, -0.15) is 0 Å². The van der Waals surface area contributed by atoms with Crippen molar-refractivity contribution < 1.29 is 14.3 Å². The van der Waals surface area contributed by atoms with Gasteiger partial charge in [-0.05, 0) is 105 Å². The van der Waals surface area contributed by atoms with Gasteiger partial charge < -0.3 is 4.74 Å². The first-order valence-electron chi connectivity index (χ1n) is 12.5. The minimum Gasteiger partial charge on any atom is -0.466 e. The van der Waals surface area contributed by atoms with Gasteiger partial charge in [0.2, 0.25) is 0 Å². The number of ether oxygens (including phenoxy) is 1. The summed E-state index contributed by atoms with van der Waals surface area (Å²) < 4.78 is 5.16. The average Bonchev–Trinajstić information content (AvgIpc) is 3.04. The first kappa shape index (κ1) is 21.4. The maximum atomic E-state index is 12.1. The normalized spacial score (nSPS) is 45.1. The van der Waals surface area contributed by atoms with Crippen LogP contribution in [-0.4, -0.2) is 18.4 Å². The molecule has 4 fully saturated rings. The third-order valence-corrected chi connectivity index (χ3v) is 10.4. The van der Waals surface area contributed by atoms with Crippen LogP contribution in [0, 0.1) is 46.3 Å². The van der Waals surface area contributed by atoms with Gasteiger partial charge in [-0.25, -0.2) is 0 Å². The Labute approximate surface area is 177 Å². The lowest BCUT2D eigenvalue weighted by Gasteiger charge is -2.60. The molecule has 0 radical (unpaired) electrons. The van der Waals surface area contributed by atoms with Crippen LogP contribution in [0.3, 0.4) is 0 Å². The summed E-state index contributed by atoms with van der Waals surface area (Å²) in [5, 5.41) is 0. The van der Waals surface area contributed by atoms with Gasteiger partial charge in [-0.1, -0.05) is 20.8 Å². The van der Waals surface area contributed by atoms with Crippen LogP contribution in [0.5, 0.6) is 0 Å². The van der Waals surface area contributed by atoms with Gasteiger partial charge in [0, 0.05) is 19.3 Å². The summed E-state index contributed by atoms with van der Waals surface area (Å²) >= 11 is 0. The van der Waals surface area contributed by atoms with E-state index < -0.39 is 0 Å². The van der Waals surface area contributed by atoms with Crippen molar-refractivity contribution in [3.05, 3.63) is 0 Å². The fourth-order valence-corrected chi connectivity index (χ4v) is 8.80. The number of rotatable bonds is 5. The maximum absolute atomic E-state index is 12.1. The van der Waals surface area contributed by atoms with Crippen LogP contribution in [-0.2, 0) is 14.3 Å². The Morgan fingerprint density at radius 3 is 2.59 bits per heavy atom. The number of carbonyl (C=O) groups excluding carboxylic acids is 2. The van der Waals surface area contributed by atoms with Crippen molar-refractivity contribution >= 4 is 11.8 Å². The smallest absolute Gasteiger partial charge is 0.305 e. The van der Waals surface area contributed by atoms with E-state index in [0.717, 1.165) is 49.4 Å². The van der Waals surface area contributed by atoms with Crippen molar-refractivity contribution in [3.8, 4) is 0 Å². The molecule has 0 saturated heterocycles. The highest BCUT2D eigenvalue weighted by Crippen LogP contribution is 2.68. The lowest BCUT2D eigenvalue weighted by molar-refractivity contribution is -0.144. The second kappa shape index (κ2) is 8.00. The van der Waals surface area contributed by atoms with E-state index in [9.17, 15) is 9.59 Å². The molecule has 0 bridgehead atoms. The van der Waals surface area contributed by atoms with E-state index in [-0.39, 0.29) is 5.97 Å². The molecule has 29 heavy (non-hydrogen) atoms. The average molecular weight is 403 g/mol. The third-order valence-electron chi connectivity index (χ3n) is 10.4. The summed E-state index contributed by atoms with van der Waals surface area (Å²) in [5.74, 6) is 5.04. The molecular formula is C26H42O3. The Kier molecular flexibility index (Phi) is 5.90. The highest BCUT2D eigenvalue weighted by molar-refractivity contribution is 5.79. The Bertz CT molecular complexity index is 642. The van der Waals surface area contributed by atoms with Crippen molar-refractivity contribution in [1.29, 1.82) is 0 Å². The predicted molar refractivity (Wildman–Crippen MR) is 115 cm³/mol. The molecular weight excluding hydrogens is 360 g/mol. The molecule has 0 heterocycles. The Morgan fingerprint density at radius 2 is 1.83 bits per heavy atom. The van der Waals surface area contributed by atoms with Crippen LogP contribution in [0.4, 0.5) is 0 Å². The Balaban J connectivity index is 1.46. The maximum Gasteiger partial charge on any atom is 0.305 e. The van der Waals surface area contributed by atoms with E-state index in [1.165, 1.54) is 38.5 Å². The summed E-state index contributed by atoms with van der Waals surface area (Å²) in [6.45, 7) is 9.89. The zero-order valence-corrected chi connectivity index (χ0v) is 19.2. The van der Waals surface area contributed by atoms with Crippen LogP contribution < -0.4 is 0 Å².